The van der Waals surface area contributed by atoms with E-state index in [2.05, 4.69) is 36.0 Å². The highest BCUT2D eigenvalue weighted by molar-refractivity contribution is 5.67. The summed E-state index contributed by atoms with van der Waals surface area (Å²) in [7, 11) is 4.09. The Morgan fingerprint density at radius 2 is 2.00 bits per heavy atom. The Morgan fingerprint density at radius 3 is 2.56 bits per heavy atom. The first-order valence-electron chi connectivity index (χ1n) is 5.75. The maximum Gasteiger partial charge on any atom is 0.0764 e. The van der Waals surface area contributed by atoms with Gasteiger partial charge in [-0.1, -0.05) is 20.8 Å². The number of nitrogens with zero attached hydrogens (tertiary/aromatic N) is 2. The topological polar surface area (TPSA) is 28.2 Å². The normalized spacial score (nSPS) is 11.3. The molecule has 0 saturated heterocycles. The first-order chi connectivity index (χ1) is 7.40. The minimum atomic E-state index is 0.369. The van der Waals surface area contributed by atoms with E-state index in [0.717, 1.165) is 18.7 Å². The van der Waals surface area contributed by atoms with Gasteiger partial charge in [-0.3, -0.25) is 4.98 Å². The van der Waals surface area contributed by atoms with Crippen LogP contribution < -0.4 is 10.2 Å². The molecule has 1 rings (SSSR count). The van der Waals surface area contributed by atoms with E-state index < -0.39 is 0 Å². The van der Waals surface area contributed by atoms with Crippen LogP contribution in [0.4, 0.5) is 11.4 Å². The molecule has 0 unspecified atom stereocenters. The lowest BCUT2D eigenvalue weighted by atomic mass is 9.92. The zero-order valence-electron chi connectivity index (χ0n) is 11.0. The average Bonchev–Trinajstić information content (AvgIpc) is 2.16. The van der Waals surface area contributed by atoms with Crippen LogP contribution in [0.1, 0.15) is 27.2 Å². The van der Waals surface area contributed by atoms with Crippen LogP contribution in [0.15, 0.2) is 18.5 Å². The molecule has 0 bridgehead atoms. The van der Waals surface area contributed by atoms with Crippen LogP contribution in [-0.2, 0) is 0 Å². The predicted octanol–water partition coefficient (Wildman–Crippen LogP) is 3.00. The fraction of sp³-hybridized carbons (Fsp3) is 0.615. The van der Waals surface area contributed by atoms with Crippen molar-refractivity contribution in [3.05, 3.63) is 18.5 Å². The highest BCUT2D eigenvalue weighted by atomic mass is 15.1. The monoisotopic (exact) mass is 221 g/mol. The van der Waals surface area contributed by atoms with Crippen molar-refractivity contribution < 1.29 is 0 Å². The minimum absolute atomic E-state index is 0.369. The summed E-state index contributed by atoms with van der Waals surface area (Å²) in [5.41, 5.74) is 2.66. The van der Waals surface area contributed by atoms with Crippen molar-refractivity contribution >= 4 is 11.4 Å². The van der Waals surface area contributed by atoms with Gasteiger partial charge in [-0.05, 0) is 17.9 Å². The number of rotatable bonds is 4. The summed E-state index contributed by atoms with van der Waals surface area (Å²) >= 11 is 0. The van der Waals surface area contributed by atoms with Crippen molar-refractivity contribution in [2.24, 2.45) is 5.41 Å². The maximum absolute atomic E-state index is 4.15. The third kappa shape index (κ3) is 4.09. The Bertz CT molecular complexity index is 326. The molecule has 0 aromatic carbocycles. The molecule has 1 aromatic rings. The van der Waals surface area contributed by atoms with Gasteiger partial charge in [-0.2, -0.15) is 0 Å². The Morgan fingerprint density at radius 1 is 1.31 bits per heavy atom. The number of aromatic nitrogens is 1. The third-order valence-corrected chi connectivity index (χ3v) is 2.47. The second-order valence-electron chi connectivity index (χ2n) is 5.52. The summed E-state index contributed by atoms with van der Waals surface area (Å²) in [5.74, 6) is 0. The second-order valence-corrected chi connectivity index (χ2v) is 5.52. The zero-order chi connectivity index (χ0) is 12.2. The molecule has 0 spiro atoms. The van der Waals surface area contributed by atoms with Gasteiger partial charge in [0.25, 0.3) is 0 Å². The van der Waals surface area contributed by atoms with E-state index in [1.807, 2.05) is 32.6 Å². The molecule has 1 heterocycles. The Hall–Kier alpha value is -1.25. The molecule has 0 aliphatic carbocycles. The fourth-order valence-corrected chi connectivity index (χ4v) is 1.49. The van der Waals surface area contributed by atoms with Crippen molar-refractivity contribution in [2.75, 3.05) is 30.9 Å². The van der Waals surface area contributed by atoms with Gasteiger partial charge in [0.15, 0.2) is 0 Å². The van der Waals surface area contributed by atoms with Crippen LogP contribution in [0.3, 0.4) is 0 Å². The second kappa shape index (κ2) is 5.19. The van der Waals surface area contributed by atoms with Gasteiger partial charge >= 0.3 is 0 Å². The lowest BCUT2D eigenvalue weighted by Crippen LogP contribution is -2.16. The molecule has 1 aromatic heterocycles. The molecular formula is C13H23N3. The molecule has 0 saturated carbocycles. The van der Waals surface area contributed by atoms with Crippen LogP contribution in [0, 0.1) is 5.41 Å². The molecule has 0 amide bonds. The zero-order valence-corrected chi connectivity index (χ0v) is 11.0. The number of pyridine rings is 1. The largest absolute Gasteiger partial charge is 0.382 e. The highest BCUT2D eigenvalue weighted by Crippen LogP contribution is 2.24. The SMILES string of the molecule is CN(C)c1ccncc1NCCC(C)(C)C. The molecule has 0 radical (unpaired) electrons. The summed E-state index contributed by atoms with van der Waals surface area (Å²) in [6.07, 6.45) is 4.86. The highest BCUT2D eigenvalue weighted by Gasteiger charge is 2.10. The first kappa shape index (κ1) is 12.8. The predicted molar refractivity (Wildman–Crippen MR) is 71.1 cm³/mol. The molecule has 16 heavy (non-hydrogen) atoms. The van der Waals surface area contributed by atoms with Crippen molar-refractivity contribution in [2.45, 2.75) is 27.2 Å². The molecule has 3 heteroatoms. The van der Waals surface area contributed by atoms with Crippen molar-refractivity contribution in [3.63, 3.8) is 0 Å². The first-order valence-corrected chi connectivity index (χ1v) is 5.75. The van der Waals surface area contributed by atoms with Gasteiger partial charge in [0.2, 0.25) is 0 Å². The number of nitrogens with one attached hydrogen (secondary N) is 1. The summed E-state index contributed by atoms with van der Waals surface area (Å²) in [4.78, 5) is 6.25. The van der Waals surface area contributed by atoms with Crippen molar-refractivity contribution in [3.8, 4) is 0 Å². The van der Waals surface area contributed by atoms with Crippen LogP contribution in [-0.4, -0.2) is 25.6 Å². The number of anilines is 2. The van der Waals surface area contributed by atoms with Crippen LogP contribution >= 0.6 is 0 Å². The molecule has 0 atom stereocenters. The smallest absolute Gasteiger partial charge is 0.0764 e. The van der Waals surface area contributed by atoms with Gasteiger partial charge in [0, 0.05) is 26.8 Å². The lowest BCUT2D eigenvalue weighted by Gasteiger charge is -2.21. The molecule has 0 aliphatic heterocycles. The van der Waals surface area contributed by atoms with Crippen molar-refractivity contribution in [1.29, 1.82) is 0 Å². The molecule has 1 N–H and O–H groups in total. The van der Waals surface area contributed by atoms with Crippen LogP contribution in [0.5, 0.6) is 0 Å². The number of hydrogen-bond donors (Lipinski definition) is 1. The molecule has 0 fully saturated rings. The van der Waals surface area contributed by atoms with E-state index in [4.69, 9.17) is 0 Å². The quantitative estimate of drug-likeness (QED) is 0.847. The summed E-state index contributed by atoms with van der Waals surface area (Å²) in [6.45, 7) is 7.75. The fourth-order valence-electron chi connectivity index (χ4n) is 1.49. The molecule has 0 aliphatic rings. The van der Waals surface area contributed by atoms with Gasteiger partial charge < -0.3 is 10.2 Å². The van der Waals surface area contributed by atoms with E-state index in [1.165, 1.54) is 5.69 Å². The summed E-state index contributed by atoms with van der Waals surface area (Å²) in [6, 6.07) is 2.03. The third-order valence-electron chi connectivity index (χ3n) is 2.47. The van der Waals surface area contributed by atoms with E-state index >= 15 is 0 Å². The molecular weight excluding hydrogens is 198 g/mol. The minimum Gasteiger partial charge on any atom is -0.382 e. The van der Waals surface area contributed by atoms with Gasteiger partial charge in [-0.15, -0.1) is 0 Å². The van der Waals surface area contributed by atoms with E-state index in [0.29, 0.717) is 5.41 Å². The van der Waals surface area contributed by atoms with E-state index in [-0.39, 0.29) is 0 Å². The van der Waals surface area contributed by atoms with Gasteiger partial charge in [-0.25, -0.2) is 0 Å². The van der Waals surface area contributed by atoms with Crippen LogP contribution in [0.25, 0.3) is 0 Å². The van der Waals surface area contributed by atoms with Gasteiger partial charge in [0.05, 0.1) is 17.6 Å². The van der Waals surface area contributed by atoms with Crippen molar-refractivity contribution in [1.82, 2.24) is 4.98 Å². The average molecular weight is 221 g/mol. The van der Waals surface area contributed by atoms with E-state index in [9.17, 15) is 0 Å². The molecule has 90 valence electrons. The maximum atomic E-state index is 4.15. The van der Waals surface area contributed by atoms with Crippen LogP contribution in [0.2, 0.25) is 0 Å². The lowest BCUT2D eigenvalue weighted by molar-refractivity contribution is 0.390. The summed E-state index contributed by atoms with van der Waals surface area (Å²) in [5, 5.41) is 3.45. The number of hydrogen-bond acceptors (Lipinski definition) is 3. The Labute approximate surface area is 98.9 Å². The van der Waals surface area contributed by atoms with E-state index in [1.54, 1.807) is 0 Å². The molecule has 3 nitrogen and oxygen atoms in total. The Balaban J connectivity index is 2.60. The summed E-state index contributed by atoms with van der Waals surface area (Å²) < 4.78 is 0. The standard InChI is InChI=1S/C13H23N3/c1-13(2,3)7-9-15-11-10-14-8-6-12(11)16(4)5/h6,8,10,15H,7,9H2,1-5H3. The van der Waals surface area contributed by atoms with Gasteiger partial charge in [0.1, 0.15) is 0 Å². The Kier molecular flexibility index (Phi) is 4.16.